The smallest absolute Gasteiger partial charge is 0.248 e. The van der Waals surface area contributed by atoms with Crippen LogP contribution in [0, 0.1) is 17.8 Å². The molecule has 2 bridgehead atoms. The average Bonchev–Trinajstić information content (AvgIpc) is 3.79. The van der Waals surface area contributed by atoms with Crippen LogP contribution < -0.4 is 9.64 Å². The van der Waals surface area contributed by atoms with Gasteiger partial charge in [0.1, 0.15) is 24.0 Å². The first kappa shape index (κ1) is 34.7. The van der Waals surface area contributed by atoms with Crippen molar-refractivity contribution in [1.82, 2.24) is 24.8 Å². The molecule has 6 atom stereocenters. The molecule has 12 heteroatoms. The van der Waals surface area contributed by atoms with Gasteiger partial charge in [0.2, 0.25) is 17.7 Å². The second kappa shape index (κ2) is 13.6. The maximum Gasteiger partial charge on any atom is 0.248 e. The summed E-state index contributed by atoms with van der Waals surface area (Å²) in [6.07, 6.45) is 4.61. The minimum Gasteiger partial charge on any atom is -0.494 e. The third kappa shape index (κ3) is 5.72. The van der Waals surface area contributed by atoms with Gasteiger partial charge in [0.25, 0.3) is 0 Å². The van der Waals surface area contributed by atoms with Gasteiger partial charge in [-0.25, -0.2) is 4.68 Å². The minimum atomic E-state index is -0.901. The summed E-state index contributed by atoms with van der Waals surface area (Å²) < 4.78 is 5.86. The molecule has 1 aromatic heterocycles. The monoisotopic (exact) mass is 686 g/mol. The number of likely N-dealkylation sites (tertiary alicyclic amines) is 1. The van der Waals surface area contributed by atoms with Gasteiger partial charge in [-0.15, -0.1) is 30.0 Å². The molecule has 0 aliphatic carbocycles. The molecule has 49 heavy (non-hydrogen) atoms. The fourth-order valence-corrected chi connectivity index (χ4v) is 10.6. The topological polar surface area (TPSA) is 121 Å². The van der Waals surface area contributed by atoms with Crippen molar-refractivity contribution in [2.45, 2.75) is 68.8 Å². The maximum absolute atomic E-state index is 15.1. The Morgan fingerprint density at radius 2 is 1.82 bits per heavy atom. The van der Waals surface area contributed by atoms with Crippen LogP contribution in [-0.2, 0) is 21.1 Å². The van der Waals surface area contributed by atoms with E-state index in [4.69, 9.17) is 4.74 Å². The number of amides is 3. The minimum absolute atomic E-state index is 0.102. The molecular formula is C37H46N6O5S. The summed E-state index contributed by atoms with van der Waals surface area (Å²) in [5.74, 6) is -1.56. The molecule has 3 aliphatic rings. The van der Waals surface area contributed by atoms with Crippen LogP contribution >= 0.6 is 11.8 Å². The zero-order valence-corrected chi connectivity index (χ0v) is 29.5. The molecule has 1 spiro atoms. The number of nitrogens with zero attached hydrogens (tertiary/aromatic N) is 6. The third-order valence-electron chi connectivity index (χ3n) is 10.5. The summed E-state index contributed by atoms with van der Waals surface area (Å²) in [6, 6.07) is 13.4. The Labute approximate surface area is 291 Å². The molecule has 3 saturated heterocycles. The van der Waals surface area contributed by atoms with Crippen LogP contribution in [-0.4, -0.2) is 95.5 Å². The lowest BCUT2D eigenvalue weighted by Crippen LogP contribution is -2.58. The summed E-state index contributed by atoms with van der Waals surface area (Å²) in [5, 5.41) is 19.3. The largest absolute Gasteiger partial charge is 0.494 e. The quantitative estimate of drug-likeness (QED) is 0.246. The fourth-order valence-electron chi connectivity index (χ4n) is 8.23. The number of aromatic nitrogens is 3. The Bertz CT molecular complexity index is 1740. The van der Waals surface area contributed by atoms with E-state index in [-0.39, 0.29) is 50.0 Å². The molecule has 3 aliphatic heterocycles. The summed E-state index contributed by atoms with van der Waals surface area (Å²) in [4.78, 5) is 49.8. The Kier molecular flexibility index (Phi) is 9.65. The van der Waals surface area contributed by atoms with E-state index in [1.165, 1.54) is 0 Å². The van der Waals surface area contributed by atoms with Gasteiger partial charge in [-0.2, -0.15) is 0 Å². The molecule has 260 valence electrons. The summed E-state index contributed by atoms with van der Waals surface area (Å²) in [7, 11) is 0. The van der Waals surface area contributed by atoms with Gasteiger partial charge in [0.15, 0.2) is 0 Å². The first-order valence-electron chi connectivity index (χ1n) is 17.0. The zero-order valence-electron chi connectivity index (χ0n) is 28.7. The van der Waals surface area contributed by atoms with Crippen LogP contribution in [0.1, 0.15) is 40.5 Å². The van der Waals surface area contributed by atoms with Gasteiger partial charge >= 0.3 is 0 Å². The van der Waals surface area contributed by atoms with Gasteiger partial charge in [0.05, 0.1) is 41.4 Å². The molecule has 2 aromatic carbocycles. The van der Waals surface area contributed by atoms with E-state index in [1.807, 2.05) is 69.3 Å². The Morgan fingerprint density at radius 1 is 1.10 bits per heavy atom. The van der Waals surface area contributed by atoms with E-state index in [0.29, 0.717) is 36.4 Å². The number of aliphatic hydroxyl groups excluding tert-OH is 1. The number of carbonyl (C=O) groups excluding carboxylic acids is 3. The van der Waals surface area contributed by atoms with E-state index in [9.17, 15) is 14.7 Å². The number of hydrogen-bond donors (Lipinski definition) is 1. The maximum atomic E-state index is 15.1. The van der Waals surface area contributed by atoms with Crippen molar-refractivity contribution in [3.63, 3.8) is 0 Å². The summed E-state index contributed by atoms with van der Waals surface area (Å²) >= 11 is 1.61. The second-order valence-electron chi connectivity index (χ2n) is 13.7. The molecule has 3 aromatic rings. The molecule has 0 saturated carbocycles. The molecule has 4 heterocycles. The van der Waals surface area contributed by atoms with Crippen molar-refractivity contribution in [3.8, 4) is 5.75 Å². The van der Waals surface area contributed by atoms with Gasteiger partial charge in [0, 0.05) is 23.5 Å². The number of para-hydroxylation sites is 1. The van der Waals surface area contributed by atoms with E-state index < -0.39 is 33.4 Å². The molecule has 1 N–H and O–H groups in total. The first-order valence-corrected chi connectivity index (χ1v) is 17.8. The lowest BCUT2D eigenvalue weighted by atomic mass is 9.66. The molecule has 6 rings (SSSR count). The number of carbonyl (C=O) groups is 3. The number of fused-ring (bicyclic) bond motifs is 2. The third-order valence-corrected chi connectivity index (χ3v) is 12.4. The molecule has 2 unspecified atom stereocenters. The average molecular weight is 687 g/mol. The molecular weight excluding hydrogens is 641 g/mol. The number of anilines is 1. The van der Waals surface area contributed by atoms with Crippen molar-refractivity contribution in [2.24, 2.45) is 17.8 Å². The Morgan fingerprint density at radius 3 is 2.47 bits per heavy atom. The predicted molar refractivity (Wildman–Crippen MR) is 191 cm³/mol. The normalized spacial score (nSPS) is 26.2. The molecule has 3 fully saturated rings. The highest BCUT2D eigenvalue weighted by Crippen LogP contribution is 2.72. The number of thioether (sulfide) groups is 1. The van der Waals surface area contributed by atoms with E-state index in [0.717, 1.165) is 5.52 Å². The van der Waals surface area contributed by atoms with Crippen molar-refractivity contribution in [3.05, 3.63) is 73.8 Å². The number of aliphatic hydroxyl groups is 1. The highest BCUT2D eigenvalue weighted by atomic mass is 32.2. The van der Waals surface area contributed by atoms with Crippen LogP contribution in [0.3, 0.4) is 0 Å². The standard InChI is InChI=1S/C37H46N6O5S/c1-7-20-40(23-42-28-13-11-10-12-27(28)38-39-42)35(47)32-37-19-18-36(6,49-37)30(31(37)34(46)43(32)29(22-44)24(4)5)33(45)41(21-8-2)25-14-16-26(17-15-25)48-9-3/h7-8,10-17,24,29-32,44H,1-2,9,18-23H2,3-6H3/t29-,30+,31-,32?,36-,37?/m0/s1. The van der Waals surface area contributed by atoms with E-state index in [1.54, 1.807) is 43.3 Å². The molecule has 3 amide bonds. The van der Waals surface area contributed by atoms with Gasteiger partial charge < -0.3 is 24.5 Å². The Hall–Kier alpha value is -4.16. The highest BCUT2D eigenvalue weighted by molar-refractivity contribution is 8.02. The Balaban J connectivity index is 1.42. The predicted octanol–water partition coefficient (Wildman–Crippen LogP) is 4.52. The van der Waals surface area contributed by atoms with Crippen molar-refractivity contribution < 1.29 is 24.2 Å². The second-order valence-corrected chi connectivity index (χ2v) is 15.6. The van der Waals surface area contributed by atoms with Gasteiger partial charge in [-0.1, -0.05) is 43.3 Å². The molecule has 0 radical (unpaired) electrons. The van der Waals surface area contributed by atoms with E-state index in [2.05, 4.69) is 30.4 Å². The van der Waals surface area contributed by atoms with Crippen LogP contribution in [0.2, 0.25) is 0 Å². The highest BCUT2D eigenvalue weighted by Gasteiger charge is 2.78. The van der Waals surface area contributed by atoms with Crippen LogP contribution in [0.4, 0.5) is 5.69 Å². The lowest BCUT2D eigenvalue weighted by Gasteiger charge is -2.40. The first-order chi connectivity index (χ1) is 23.5. The van der Waals surface area contributed by atoms with Gasteiger partial charge in [-0.3, -0.25) is 14.4 Å². The summed E-state index contributed by atoms with van der Waals surface area (Å²) in [6.45, 7) is 16.5. The van der Waals surface area contributed by atoms with Crippen LogP contribution in [0.5, 0.6) is 5.75 Å². The van der Waals surface area contributed by atoms with Crippen molar-refractivity contribution >= 4 is 46.2 Å². The van der Waals surface area contributed by atoms with Gasteiger partial charge in [-0.05, 0) is 69.0 Å². The van der Waals surface area contributed by atoms with E-state index >= 15 is 4.79 Å². The number of rotatable bonds is 14. The number of ether oxygens (including phenoxy) is 1. The summed E-state index contributed by atoms with van der Waals surface area (Å²) in [5.41, 5.74) is 2.17. The zero-order chi connectivity index (χ0) is 35.1. The van der Waals surface area contributed by atoms with Crippen LogP contribution in [0.25, 0.3) is 11.0 Å². The number of hydrogen-bond acceptors (Lipinski definition) is 8. The number of benzene rings is 2. The van der Waals surface area contributed by atoms with Crippen molar-refractivity contribution in [2.75, 3.05) is 31.2 Å². The van der Waals surface area contributed by atoms with Crippen molar-refractivity contribution in [1.29, 1.82) is 0 Å². The van der Waals surface area contributed by atoms with Crippen LogP contribution in [0.15, 0.2) is 73.8 Å². The fraction of sp³-hybridized carbons (Fsp3) is 0.486. The SMILES string of the molecule is C=CCN(Cn1nnc2ccccc21)C(=O)C1N([C@@H](CO)C(C)C)C(=O)[C@@H]2[C@H](C(=O)N(CC=C)c3ccc(OCC)cc3)[C@]3(C)CCC12S3. The molecule has 11 nitrogen and oxygen atoms in total. The lowest BCUT2D eigenvalue weighted by molar-refractivity contribution is -0.147.